The summed E-state index contributed by atoms with van der Waals surface area (Å²) in [5.41, 5.74) is 1.00. The van der Waals surface area contributed by atoms with Crippen molar-refractivity contribution in [3.05, 3.63) is 24.2 Å². The first-order valence-corrected chi connectivity index (χ1v) is 6.28. The van der Waals surface area contributed by atoms with Crippen LogP contribution in [0, 0.1) is 6.92 Å². The van der Waals surface area contributed by atoms with Crippen molar-refractivity contribution in [2.24, 2.45) is 0 Å². The summed E-state index contributed by atoms with van der Waals surface area (Å²) in [6, 6.07) is 1.96. The Bertz CT molecular complexity index is 551. The van der Waals surface area contributed by atoms with Gasteiger partial charge >= 0.3 is 0 Å². The molecule has 2 rings (SSSR count). The van der Waals surface area contributed by atoms with E-state index in [2.05, 4.69) is 15.4 Å². The molecule has 0 saturated heterocycles. The van der Waals surface area contributed by atoms with Crippen LogP contribution in [0.2, 0.25) is 0 Å². The third-order valence-corrected chi connectivity index (χ3v) is 2.99. The van der Waals surface area contributed by atoms with E-state index in [1.54, 1.807) is 30.9 Å². The van der Waals surface area contributed by atoms with Gasteiger partial charge in [0.15, 0.2) is 5.82 Å². The largest absolute Gasteiger partial charge is 0.388 e. The normalized spacial score (nSPS) is 14.5. The van der Waals surface area contributed by atoms with E-state index in [9.17, 15) is 5.11 Å². The van der Waals surface area contributed by atoms with Crippen LogP contribution in [-0.4, -0.2) is 45.6 Å². The molecule has 0 fully saturated rings. The van der Waals surface area contributed by atoms with Crippen molar-refractivity contribution in [2.45, 2.75) is 25.9 Å². The summed E-state index contributed by atoms with van der Waals surface area (Å²) < 4.78 is 6.76. The molecule has 0 spiro atoms. The number of hydrogen-bond acceptors (Lipinski definition) is 5. The van der Waals surface area contributed by atoms with Gasteiger partial charge in [0.05, 0.1) is 11.3 Å². The predicted octanol–water partition coefficient (Wildman–Crippen LogP) is 1.24. The number of anilines is 1. The number of ether oxygens (including phenoxy) is 1. The molecule has 0 radical (unpaired) electrons. The first kappa shape index (κ1) is 13.8. The summed E-state index contributed by atoms with van der Waals surface area (Å²) in [5, 5.41) is 17.7. The number of aliphatic hydroxyl groups is 1. The average Bonchev–Trinajstić information content (AvgIpc) is 2.74. The zero-order valence-corrected chi connectivity index (χ0v) is 11.6. The van der Waals surface area contributed by atoms with Crippen molar-refractivity contribution < 1.29 is 9.84 Å². The Morgan fingerprint density at radius 3 is 3.05 bits per heavy atom. The van der Waals surface area contributed by atoms with Crippen LogP contribution in [0.5, 0.6) is 0 Å². The first-order chi connectivity index (χ1) is 9.02. The van der Waals surface area contributed by atoms with Gasteiger partial charge in [-0.05, 0) is 19.9 Å². The lowest BCUT2D eigenvalue weighted by Gasteiger charge is -2.23. The van der Waals surface area contributed by atoms with E-state index in [0.717, 1.165) is 17.0 Å². The van der Waals surface area contributed by atoms with Gasteiger partial charge in [-0.25, -0.2) is 9.50 Å². The van der Waals surface area contributed by atoms with Crippen molar-refractivity contribution >= 4 is 11.3 Å². The molecular formula is C13H20N4O2. The Hall–Kier alpha value is -1.66. The van der Waals surface area contributed by atoms with Crippen LogP contribution in [0.4, 0.5) is 5.82 Å². The highest BCUT2D eigenvalue weighted by atomic mass is 16.5. The van der Waals surface area contributed by atoms with Gasteiger partial charge in [-0.2, -0.15) is 5.10 Å². The molecule has 2 aromatic heterocycles. The highest BCUT2D eigenvalue weighted by Crippen LogP contribution is 2.17. The summed E-state index contributed by atoms with van der Waals surface area (Å²) in [7, 11) is 1.63. The third-order valence-electron chi connectivity index (χ3n) is 2.99. The van der Waals surface area contributed by atoms with E-state index >= 15 is 0 Å². The van der Waals surface area contributed by atoms with E-state index in [4.69, 9.17) is 4.74 Å². The van der Waals surface area contributed by atoms with Crippen molar-refractivity contribution in [2.75, 3.05) is 25.6 Å². The van der Waals surface area contributed by atoms with Gasteiger partial charge < -0.3 is 15.2 Å². The van der Waals surface area contributed by atoms with Gasteiger partial charge in [0.1, 0.15) is 5.52 Å². The third kappa shape index (κ3) is 3.42. The highest BCUT2D eigenvalue weighted by molar-refractivity contribution is 5.67. The Labute approximate surface area is 112 Å². The zero-order valence-electron chi connectivity index (χ0n) is 11.6. The molecule has 2 heterocycles. The van der Waals surface area contributed by atoms with E-state index in [1.807, 2.05) is 13.0 Å². The molecule has 19 heavy (non-hydrogen) atoms. The lowest BCUT2D eigenvalue weighted by atomic mass is 10.0. The van der Waals surface area contributed by atoms with E-state index < -0.39 is 5.60 Å². The molecule has 1 unspecified atom stereocenters. The number of nitrogens with zero attached hydrogens (tertiary/aromatic N) is 3. The highest BCUT2D eigenvalue weighted by Gasteiger charge is 2.20. The van der Waals surface area contributed by atoms with Crippen LogP contribution >= 0.6 is 0 Å². The molecule has 0 saturated carbocycles. The van der Waals surface area contributed by atoms with Crippen LogP contribution in [0.3, 0.4) is 0 Å². The number of aromatic nitrogens is 3. The molecule has 2 aromatic rings. The molecule has 0 aliphatic carbocycles. The fourth-order valence-electron chi connectivity index (χ4n) is 1.86. The minimum atomic E-state index is -0.834. The Morgan fingerprint density at radius 2 is 2.32 bits per heavy atom. The fourth-order valence-corrected chi connectivity index (χ4v) is 1.86. The monoisotopic (exact) mass is 264 g/mol. The van der Waals surface area contributed by atoms with Crippen molar-refractivity contribution in [1.82, 2.24) is 14.6 Å². The summed E-state index contributed by atoms with van der Waals surface area (Å²) in [6.45, 7) is 4.65. The number of nitrogens with one attached hydrogen (secondary N) is 1. The fraction of sp³-hybridized carbons (Fsp3) is 0.538. The van der Waals surface area contributed by atoms with Gasteiger partial charge in [-0.15, -0.1) is 0 Å². The Morgan fingerprint density at radius 1 is 1.53 bits per heavy atom. The van der Waals surface area contributed by atoms with Crippen LogP contribution in [0.15, 0.2) is 18.5 Å². The van der Waals surface area contributed by atoms with Gasteiger partial charge in [0.2, 0.25) is 0 Å². The first-order valence-electron chi connectivity index (χ1n) is 6.28. The van der Waals surface area contributed by atoms with Gasteiger partial charge in [0.25, 0.3) is 0 Å². The van der Waals surface area contributed by atoms with Crippen molar-refractivity contribution in [3.8, 4) is 0 Å². The Kier molecular flexibility index (Phi) is 4.01. The molecule has 0 aliphatic rings. The van der Waals surface area contributed by atoms with Gasteiger partial charge in [0, 0.05) is 39.1 Å². The molecule has 6 nitrogen and oxygen atoms in total. The number of fused-ring (bicyclic) bond motifs is 1. The standard InChI is InChI=1S/C13H20N4O2/c1-10-8-11-12(14-5-6-17(11)16-10)15-9-13(2,18)4-7-19-3/h5-6,8,18H,4,7,9H2,1-3H3,(H,14,15). The summed E-state index contributed by atoms with van der Waals surface area (Å²) in [6.07, 6.45) is 4.06. The molecular weight excluding hydrogens is 244 g/mol. The maximum absolute atomic E-state index is 10.2. The molecule has 0 bridgehead atoms. The second-order valence-electron chi connectivity index (χ2n) is 4.98. The minimum absolute atomic E-state index is 0.410. The zero-order chi connectivity index (χ0) is 13.9. The summed E-state index contributed by atoms with van der Waals surface area (Å²) >= 11 is 0. The SMILES string of the molecule is COCCC(C)(O)CNc1nccn2nc(C)cc12. The average molecular weight is 264 g/mol. The van der Waals surface area contributed by atoms with Crippen LogP contribution in [0.1, 0.15) is 19.0 Å². The topological polar surface area (TPSA) is 71.7 Å². The molecule has 6 heteroatoms. The second kappa shape index (κ2) is 5.54. The second-order valence-corrected chi connectivity index (χ2v) is 4.98. The molecule has 104 valence electrons. The van der Waals surface area contributed by atoms with Gasteiger partial charge in [-0.1, -0.05) is 0 Å². The molecule has 0 amide bonds. The lowest BCUT2D eigenvalue weighted by molar-refractivity contribution is 0.0357. The number of hydrogen-bond donors (Lipinski definition) is 2. The van der Waals surface area contributed by atoms with Crippen molar-refractivity contribution in [3.63, 3.8) is 0 Å². The van der Waals surface area contributed by atoms with Crippen LogP contribution < -0.4 is 5.32 Å². The molecule has 0 aromatic carbocycles. The summed E-state index contributed by atoms with van der Waals surface area (Å²) in [5.74, 6) is 0.723. The number of methoxy groups -OCH3 is 1. The smallest absolute Gasteiger partial charge is 0.152 e. The maximum atomic E-state index is 10.2. The lowest BCUT2D eigenvalue weighted by Crippen LogP contribution is -2.35. The number of aryl methyl sites for hydroxylation is 1. The number of rotatable bonds is 6. The van der Waals surface area contributed by atoms with E-state index in [-0.39, 0.29) is 0 Å². The molecule has 2 N–H and O–H groups in total. The Balaban J connectivity index is 2.09. The van der Waals surface area contributed by atoms with Crippen LogP contribution in [0.25, 0.3) is 5.52 Å². The van der Waals surface area contributed by atoms with Crippen molar-refractivity contribution in [1.29, 1.82) is 0 Å². The quantitative estimate of drug-likeness (QED) is 0.821. The van der Waals surface area contributed by atoms with E-state index in [1.165, 1.54) is 0 Å². The maximum Gasteiger partial charge on any atom is 0.152 e. The molecule has 1 atom stereocenters. The summed E-state index contributed by atoms with van der Waals surface area (Å²) in [4.78, 5) is 4.29. The van der Waals surface area contributed by atoms with Crippen LogP contribution in [-0.2, 0) is 4.74 Å². The minimum Gasteiger partial charge on any atom is -0.388 e. The predicted molar refractivity (Wildman–Crippen MR) is 73.3 cm³/mol. The molecule has 0 aliphatic heterocycles. The van der Waals surface area contributed by atoms with Gasteiger partial charge in [-0.3, -0.25) is 0 Å². The van der Waals surface area contributed by atoms with E-state index in [0.29, 0.717) is 19.6 Å².